The lowest BCUT2D eigenvalue weighted by molar-refractivity contribution is -0.144. The first-order valence-electron chi connectivity index (χ1n) is 6.68. The molecule has 0 heterocycles. The molecule has 0 bridgehead atoms. The minimum atomic E-state index is -1.26. The number of carboxylic acids is 1. The Morgan fingerprint density at radius 1 is 1.09 bits per heavy atom. The highest BCUT2D eigenvalue weighted by Gasteiger charge is 2.25. The second-order valence-corrected chi connectivity index (χ2v) is 4.51. The molecule has 124 valence electrons. The fourth-order valence-electron chi connectivity index (χ4n) is 1.86. The van der Waals surface area contributed by atoms with Crippen molar-refractivity contribution in [2.75, 3.05) is 14.2 Å². The van der Waals surface area contributed by atoms with Gasteiger partial charge in [-0.15, -0.1) is 0 Å². The molecule has 0 radical (unpaired) electrons. The third-order valence-electron chi connectivity index (χ3n) is 3.06. The zero-order valence-electron chi connectivity index (χ0n) is 12.7. The number of methoxy groups -OCH3 is 2. The van der Waals surface area contributed by atoms with Crippen molar-refractivity contribution < 1.29 is 33.8 Å². The molecule has 1 atom stereocenters. The van der Waals surface area contributed by atoms with Gasteiger partial charge < -0.3 is 19.9 Å². The molecule has 0 aliphatic heterocycles. The SMILES string of the molecule is COC(=O)CCC(NC(=O)c1ccccc1C(=O)O)C(=O)OC. The van der Waals surface area contributed by atoms with Crippen LogP contribution in [0.25, 0.3) is 0 Å². The minimum absolute atomic E-state index is 0.0275. The number of carboxylic acid groups (broad SMARTS) is 1. The number of carbonyl (C=O) groups excluding carboxylic acids is 3. The summed E-state index contributed by atoms with van der Waals surface area (Å²) >= 11 is 0. The van der Waals surface area contributed by atoms with Crippen LogP contribution >= 0.6 is 0 Å². The number of benzene rings is 1. The topological polar surface area (TPSA) is 119 Å². The molecule has 1 rings (SSSR count). The summed E-state index contributed by atoms with van der Waals surface area (Å²) in [5.41, 5.74) is -0.284. The third kappa shape index (κ3) is 5.10. The smallest absolute Gasteiger partial charge is 0.336 e. The van der Waals surface area contributed by atoms with E-state index in [4.69, 9.17) is 5.11 Å². The first-order valence-corrected chi connectivity index (χ1v) is 6.68. The lowest BCUT2D eigenvalue weighted by Crippen LogP contribution is -2.42. The van der Waals surface area contributed by atoms with Gasteiger partial charge >= 0.3 is 17.9 Å². The van der Waals surface area contributed by atoms with Crippen LogP contribution in [0.5, 0.6) is 0 Å². The number of rotatable bonds is 7. The Hall–Kier alpha value is -2.90. The summed E-state index contributed by atoms with van der Waals surface area (Å²) in [7, 11) is 2.35. The Balaban J connectivity index is 2.91. The van der Waals surface area contributed by atoms with Crippen LogP contribution in [0.1, 0.15) is 33.6 Å². The van der Waals surface area contributed by atoms with Crippen molar-refractivity contribution in [1.29, 1.82) is 0 Å². The molecule has 0 saturated heterocycles. The number of hydrogen-bond acceptors (Lipinski definition) is 6. The summed E-state index contributed by atoms with van der Waals surface area (Å²) in [5, 5.41) is 11.5. The molecule has 1 unspecified atom stereocenters. The normalized spacial score (nSPS) is 11.2. The average molecular weight is 323 g/mol. The molecular weight excluding hydrogens is 306 g/mol. The molecule has 1 amide bonds. The van der Waals surface area contributed by atoms with Crippen molar-refractivity contribution in [3.8, 4) is 0 Å². The van der Waals surface area contributed by atoms with E-state index in [0.717, 1.165) is 7.11 Å². The molecule has 1 aromatic carbocycles. The second kappa shape index (κ2) is 8.52. The number of esters is 2. The summed E-state index contributed by atoms with van der Waals surface area (Å²) < 4.78 is 9.04. The first-order chi connectivity index (χ1) is 10.9. The fourth-order valence-corrected chi connectivity index (χ4v) is 1.86. The third-order valence-corrected chi connectivity index (χ3v) is 3.06. The van der Waals surface area contributed by atoms with Crippen LogP contribution in [0, 0.1) is 0 Å². The number of carbonyl (C=O) groups is 4. The van der Waals surface area contributed by atoms with Crippen LogP contribution in [-0.2, 0) is 19.1 Å². The molecular formula is C15H17NO7. The molecule has 0 spiro atoms. The van der Waals surface area contributed by atoms with Gasteiger partial charge in [0.2, 0.25) is 0 Å². The molecule has 0 aliphatic carbocycles. The van der Waals surface area contributed by atoms with E-state index in [9.17, 15) is 19.2 Å². The van der Waals surface area contributed by atoms with E-state index < -0.39 is 29.9 Å². The summed E-state index contributed by atoms with van der Waals surface area (Å²) in [6.07, 6.45) is -0.128. The van der Waals surface area contributed by atoms with E-state index >= 15 is 0 Å². The van der Waals surface area contributed by atoms with Crippen LogP contribution in [-0.4, -0.2) is 49.2 Å². The van der Waals surface area contributed by atoms with Gasteiger partial charge in [0, 0.05) is 6.42 Å². The van der Waals surface area contributed by atoms with Crippen molar-refractivity contribution in [2.45, 2.75) is 18.9 Å². The van der Waals surface area contributed by atoms with Gasteiger partial charge in [0.1, 0.15) is 6.04 Å². The fraction of sp³-hybridized carbons (Fsp3) is 0.333. The second-order valence-electron chi connectivity index (χ2n) is 4.51. The molecule has 0 fully saturated rings. The van der Waals surface area contributed by atoms with E-state index in [1.165, 1.54) is 31.4 Å². The van der Waals surface area contributed by atoms with Crippen LogP contribution in [0.2, 0.25) is 0 Å². The lowest BCUT2D eigenvalue weighted by Gasteiger charge is -2.16. The maximum Gasteiger partial charge on any atom is 0.336 e. The Kier molecular flexibility index (Phi) is 6.72. The predicted octanol–water partition coefficient (Wildman–Crippen LogP) is 0.609. The number of ether oxygens (including phenoxy) is 2. The summed E-state index contributed by atoms with van der Waals surface area (Å²) in [6.45, 7) is 0. The molecule has 1 aromatic rings. The van der Waals surface area contributed by atoms with Crippen LogP contribution < -0.4 is 5.32 Å². The highest BCUT2D eigenvalue weighted by molar-refractivity contribution is 6.05. The number of hydrogen-bond donors (Lipinski definition) is 2. The van der Waals surface area contributed by atoms with Gasteiger partial charge in [0.25, 0.3) is 5.91 Å². The van der Waals surface area contributed by atoms with Gasteiger partial charge in [-0.25, -0.2) is 9.59 Å². The van der Waals surface area contributed by atoms with Crippen molar-refractivity contribution in [1.82, 2.24) is 5.32 Å². The van der Waals surface area contributed by atoms with Gasteiger partial charge in [-0.2, -0.15) is 0 Å². The van der Waals surface area contributed by atoms with Gasteiger partial charge in [0.05, 0.1) is 25.3 Å². The monoisotopic (exact) mass is 323 g/mol. The van der Waals surface area contributed by atoms with Crippen molar-refractivity contribution in [3.05, 3.63) is 35.4 Å². The predicted molar refractivity (Wildman–Crippen MR) is 77.9 cm³/mol. The Bertz CT molecular complexity index is 612. The Morgan fingerprint density at radius 3 is 2.22 bits per heavy atom. The van der Waals surface area contributed by atoms with Crippen molar-refractivity contribution in [2.24, 2.45) is 0 Å². The molecule has 0 aromatic heterocycles. The summed E-state index contributed by atoms with van der Waals surface area (Å²) in [4.78, 5) is 46.2. The van der Waals surface area contributed by atoms with E-state index in [-0.39, 0.29) is 24.0 Å². The summed E-state index contributed by atoms with van der Waals surface area (Å²) in [5.74, 6) is -3.29. The molecule has 0 aliphatic rings. The van der Waals surface area contributed by atoms with E-state index in [0.29, 0.717) is 0 Å². The first kappa shape index (κ1) is 18.1. The molecule has 8 nitrogen and oxygen atoms in total. The molecule has 8 heteroatoms. The maximum atomic E-state index is 12.2. The largest absolute Gasteiger partial charge is 0.478 e. The molecule has 23 heavy (non-hydrogen) atoms. The molecule has 2 N–H and O–H groups in total. The number of nitrogens with one attached hydrogen (secondary N) is 1. The van der Waals surface area contributed by atoms with Crippen LogP contribution in [0.4, 0.5) is 0 Å². The summed E-state index contributed by atoms with van der Waals surface area (Å²) in [6, 6.07) is 4.50. The van der Waals surface area contributed by atoms with Gasteiger partial charge in [-0.05, 0) is 18.6 Å². The number of aromatic carboxylic acids is 1. The van der Waals surface area contributed by atoms with E-state index in [2.05, 4.69) is 14.8 Å². The van der Waals surface area contributed by atoms with Gasteiger partial charge in [0.15, 0.2) is 0 Å². The maximum absolute atomic E-state index is 12.2. The average Bonchev–Trinajstić information content (AvgIpc) is 2.57. The minimum Gasteiger partial charge on any atom is -0.478 e. The Labute approximate surface area is 132 Å². The highest BCUT2D eigenvalue weighted by atomic mass is 16.5. The highest BCUT2D eigenvalue weighted by Crippen LogP contribution is 2.10. The van der Waals surface area contributed by atoms with E-state index in [1.807, 2.05) is 0 Å². The van der Waals surface area contributed by atoms with Crippen molar-refractivity contribution in [3.63, 3.8) is 0 Å². The van der Waals surface area contributed by atoms with E-state index in [1.54, 1.807) is 0 Å². The van der Waals surface area contributed by atoms with Crippen molar-refractivity contribution >= 4 is 23.8 Å². The quantitative estimate of drug-likeness (QED) is 0.705. The lowest BCUT2D eigenvalue weighted by atomic mass is 10.1. The van der Waals surface area contributed by atoms with Gasteiger partial charge in [-0.3, -0.25) is 9.59 Å². The zero-order valence-corrected chi connectivity index (χ0v) is 12.7. The van der Waals surface area contributed by atoms with Crippen LogP contribution in [0.15, 0.2) is 24.3 Å². The molecule has 0 saturated carbocycles. The van der Waals surface area contributed by atoms with Gasteiger partial charge in [-0.1, -0.05) is 12.1 Å². The zero-order chi connectivity index (χ0) is 17.4. The van der Waals surface area contributed by atoms with Crippen LogP contribution in [0.3, 0.4) is 0 Å². The standard InChI is InChI=1S/C15H17NO7/c1-22-12(17)8-7-11(15(21)23-2)16-13(18)9-5-3-4-6-10(9)14(19)20/h3-6,11H,7-8H2,1-2H3,(H,16,18)(H,19,20). The Morgan fingerprint density at radius 2 is 1.70 bits per heavy atom. The number of amides is 1.